The normalized spacial score (nSPS) is 17.1. The monoisotopic (exact) mass is 528 g/mol. The van der Waals surface area contributed by atoms with Crippen molar-refractivity contribution in [3.05, 3.63) is 121 Å². The Morgan fingerprint density at radius 3 is 1.92 bits per heavy atom. The molecule has 1 saturated carbocycles. The Kier molecular flexibility index (Phi) is 8.96. The highest BCUT2D eigenvalue weighted by atomic mass is 31.2. The minimum atomic E-state index is -3.32. The first-order chi connectivity index (χ1) is 18.7. The molecule has 1 aliphatic rings. The first kappa shape index (κ1) is 26.7. The van der Waals surface area contributed by atoms with Crippen molar-refractivity contribution in [3.63, 3.8) is 0 Å². The summed E-state index contributed by atoms with van der Waals surface area (Å²) >= 11 is 0. The Morgan fingerprint density at radius 1 is 0.789 bits per heavy atom. The summed E-state index contributed by atoms with van der Waals surface area (Å²) in [5.74, 6) is 0.798. The summed E-state index contributed by atoms with van der Waals surface area (Å²) < 4.78 is 27.8. The molecule has 3 atom stereocenters. The van der Waals surface area contributed by atoms with Gasteiger partial charge in [0, 0.05) is 10.6 Å². The number of benzene rings is 3. The van der Waals surface area contributed by atoms with Gasteiger partial charge in [-0.1, -0.05) is 110 Å². The Hall–Kier alpha value is -2.91. The fourth-order valence-electron chi connectivity index (χ4n) is 5.87. The van der Waals surface area contributed by atoms with Crippen molar-refractivity contribution in [1.82, 2.24) is 0 Å². The maximum Gasteiger partial charge on any atom is 0.149 e. The van der Waals surface area contributed by atoms with Gasteiger partial charge in [-0.2, -0.15) is 0 Å². The molecule has 0 aliphatic heterocycles. The first-order valence-corrected chi connectivity index (χ1v) is 15.5. The molecule has 5 rings (SSSR count). The molecule has 4 nitrogen and oxygen atoms in total. The zero-order valence-electron chi connectivity index (χ0n) is 21.8. The second-order valence-corrected chi connectivity index (χ2v) is 13.3. The first-order valence-electron chi connectivity index (χ1n) is 13.7. The van der Waals surface area contributed by atoms with Crippen molar-refractivity contribution in [2.75, 3.05) is 0 Å². The van der Waals surface area contributed by atoms with Gasteiger partial charge in [0.15, 0.2) is 0 Å². The van der Waals surface area contributed by atoms with Gasteiger partial charge in [0.05, 0.1) is 24.6 Å². The van der Waals surface area contributed by atoms with Crippen LogP contribution in [0.1, 0.15) is 56.0 Å². The van der Waals surface area contributed by atoms with E-state index in [0.717, 1.165) is 29.0 Å². The number of aliphatic hydroxyl groups excluding tert-OH is 1. The summed E-state index contributed by atoms with van der Waals surface area (Å²) in [5.41, 5.74) is 0.506. The molecule has 1 aliphatic carbocycles. The zero-order chi connectivity index (χ0) is 26.2. The third-order valence-corrected chi connectivity index (χ3v) is 11.5. The van der Waals surface area contributed by atoms with Gasteiger partial charge in [-0.05, 0) is 42.9 Å². The van der Waals surface area contributed by atoms with Crippen molar-refractivity contribution < 1.29 is 18.8 Å². The minimum Gasteiger partial charge on any atom is -0.467 e. The van der Waals surface area contributed by atoms with Crippen LogP contribution in [0.3, 0.4) is 0 Å². The molecule has 0 saturated heterocycles. The predicted molar refractivity (Wildman–Crippen MR) is 153 cm³/mol. The number of hydrogen-bond donors (Lipinski definition) is 1. The molecular weight excluding hydrogens is 491 g/mol. The third-order valence-electron chi connectivity index (χ3n) is 7.90. The minimum absolute atomic E-state index is 0.133. The molecule has 0 bridgehead atoms. The summed E-state index contributed by atoms with van der Waals surface area (Å²) in [5, 5.41) is 13.3. The van der Waals surface area contributed by atoms with Gasteiger partial charge in [-0.25, -0.2) is 0 Å². The van der Waals surface area contributed by atoms with Crippen molar-refractivity contribution in [3.8, 4) is 0 Å². The quantitative estimate of drug-likeness (QED) is 0.208. The summed E-state index contributed by atoms with van der Waals surface area (Å²) in [7, 11) is -3.32. The van der Waals surface area contributed by atoms with Gasteiger partial charge in [0.2, 0.25) is 0 Å². The van der Waals surface area contributed by atoms with Gasteiger partial charge in [-0.15, -0.1) is 0 Å². The van der Waals surface area contributed by atoms with Crippen LogP contribution in [-0.2, 0) is 15.9 Å². The van der Waals surface area contributed by atoms with Gasteiger partial charge in [-0.3, -0.25) is 0 Å². The molecular formula is C33H37O4P. The summed E-state index contributed by atoms with van der Waals surface area (Å²) in [6.45, 7) is 0.493. The van der Waals surface area contributed by atoms with Gasteiger partial charge >= 0.3 is 0 Å². The largest absolute Gasteiger partial charge is 0.467 e. The van der Waals surface area contributed by atoms with Crippen LogP contribution < -0.4 is 10.6 Å². The zero-order valence-corrected chi connectivity index (χ0v) is 22.7. The van der Waals surface area contributed by atoms with E-state index in [2.05, 4.69) is 12.1 Å². The molecule has 1 fully saturated rings. The molecule has 1 N–H and O–H groups in total. The van der Waals surface area contributed by atoms with E-state index in [1.54, 1.807) is 18.4 Å². The highest BCUT2D eigenvalue weighted by Gasteiger charge is 2.45. The lowest BCUT2D eigenvalue weighted by Crippen LogP contribution is -2.37. The van der Waals surface area contributed by atoms with Crippen LogP contribution in [0.25, 0.3) is 0 Å². The summed E-state index contributed by atoms with van der Waals surface area (Å²) in [6, 6.07) is 33.0. The van der Waals surface area contributed by atoms with Crippen LogP contribution in [0.4, 0.5) is 0 Å². The average molecular weight is 529 g/mol. The van der Waals surface area contributed by atoms with Crippen molar-refractivity contribution in [2.24, 2.45) is 5.92 Å². The molecule has 4 aromatic rings. The van der Waals surface area contributed by atoms with Gasteiger partial charge < -0.3 is 18.8 Å². The Labute approximate surface area is 226 Å². The standard InChI is InChI=1S/C33H37O4P/c34-33(30-22-13-23-36-30)32(38(35,28-18-9-3-10-19-28)29-20-11-4-12-21-29)24-31(27-16-7-2-8-17-27)37-25-26-14-5-1-6-15-26/h1,3-6,9-15,18-23,27,31-34H,2,7-8,16-17,24-25H2/t31-,32-,33-/m1/s1. The fraction of sp³-hybridized carbons (Fsp3) is 0.333. The van der Waals surface area contributed by atoms with E-state index in [4.69, 9.17) is 9.15 Å². The lowest BCUT2D eigenvalue weighted by molar-refractivity contribution is -0.0230. The lowest BCUT2D eigenvalue weighted by Gasteiger charge is -2.37. The van der Waals surface area contributed by atoms with Crippen molar-refractivity contribution in [2.45, 2.75) is 63.0 Å². The number of rotatable bonds is 11. The van der Waals surface area contributed by atoms with Crippen LogP contribution in [0.2, 0.25) is 0 Å². The lowest BCUT2D eigenvalue weighted by atomic mass is 9.83. The number of ether oxygens (including phenoxy) is 1. The second-order valence-electron chi connectivity index (χ2n) is 10.3. The predicted octanol–water partition coefficient (Wildman–Crippen LogP) is 7.25. The molecule has 0 radical (unpaired) electrons. The molecule has 0 unspecified atom stereocenters. The molecule has 0 amide bonds. The van der Waals surface area contributed by atoms with Crippen LogP contribution >= 0.6 is 7.14 Å². The molecule has 38 heavy (non-hydrogen) atoms. The van der Waals surface area contributed by atoms with Gasteiger partial charge in [0.25, 0.3) is 0 Å². The Morgan fingerprint density at radius 2 is 1.37 bits per heavy atom. The van der Waals surface area contributed by atoms with Crippen molar-refractivity contribution in [1.29, 1.82) is 0 Å². The van der Waals surface area contributed by atoms with E-state index in [1.807, 2.05) is 78.9 Å². The number of furan rings is 1. The van der Waals surface area contributed by atoms with E-state index in [0.29, 0.717) is 24.7 Å². The van der Waals surface area contributed by atoms with Gasteiger partial charge in [0.1, 0.15) is 19.0 Å². The molecule has 3 aromatic carbocycles. The van der Waals surface area contributed by atoms with E-state index < -0.39 is 18.9 Å². The maximum atomic E-state index is 15.5. The highest BCUT2D eigenvalue weighted by molar-refractivity contribution is 7.79. The van der Waals surface area contributed by atoms with Crippen LogP contribution in [0.15, 0.2) is 114 Å². The highest BCUT2D eigenvalue weighted by Crippen LogP contribution is 2.55. The molecule has 5 heteroatoms. The maximum absolute atomic E-state index is 15.5. The second kappa shape index (κ2) is 12.8. The summed E-state index contributed by atoms with van der Waals surface area (Å²) in [4.78, 5) is 0. The Bertz CT molecular complexity index is 1230. The Balaban J connectivity index is 1.57. The number of hydrogen-bond acceptors (Lipinski definition) is 4. The smallest absolute Gasteiger partial charge is 0.149 e. The fourth-order valence-corrected chi connectivity index (χ4v) is 9.22. The van der Waals surface area contributed by atoms with E-state index in [-0.39, 0.29) is 6.10 Å². The van der Waals surface area contributed by atoms with E-state index >= 15 is 4.57 Å². The summed E-state index contributed by atoms with van der Waals surface area (Å²) in [6.07, 6.45) is 6.64. The third kappa shape index (κ3) is 6.04. The SMILES string of the molecule is O=P(c1ccccc1)(c1ccccc1)[C@H](C[C@@H](OCc1ccccc1)C1CCCCC1)[C@H](O)c1ccco1. The van der Waals surface area contributed by atoms with Crippen LogP contribution in [0, 0.1) is 5.92 Å². The molecule has 1 aromatic heterocycles. The topological polar surface area (TPSA) is 59.7 Å². The molecule has 0 spiro atoms. The molecule has 198 valence electrons. The van der Waals surface area contributed by atoms with Crippen LogP contribution in [-0.4, -0.2) is 16.9 Å². The van der Waals surface area contributed by atoms with Crippen molar-refractivity contribution >= 4 is 17.8 Å². The van der Waals surface area contributed by atoms with Crippen LogP contribution in [0.5, 0.6) is 0 Å². The van der Waals surface area contributed by atoms with E-state index in [1.165, 1.54) is 19.3 Å². The number of aliphatic hydroxyl groups is 1. The average Bonchev–Trinajstić information content (AvgIpc) is 3.54. The molecule has 1 heterocycles. The van der Waals surface area contributed by atoms with E-state index in [9.17, 15) is 5.11 Å².